The molecule has 2 atom stereocenters. The number of aliphatic carboxylic acids is 1. The van der Waals surface area contributed by atoms with Crippen LogP contribution < -0.4 is 5.11 Å². The van der Waals surface area contributed by atoms with E-state index in [1.54, 1.807) is 20.8 Å². The van der Waals surface area contributed by atoms with E-state index in [1.807, 2.05) is 0 Å². The number of ether oxygens (including phenoxy) is 1. The van der Waals surface area contributed by atoms with Gasteiger partial charge in [0.05, 0.1) is 12.6 Å². The molecule has 1 saturated heterocycles. The fourth-order valence-corrected chi connectivity index (χ4v) is 2.11. The molecule has 1 aliphatic heterocycles. The average molecular weight is 303 g/mol. The molecule has 0 amide bonds. The fourth-order valence-electron chi connectivity index (χ4n) is 1.84. The Morgan fingerprint density at radius 1 is 1.55 bits per heavy atom. The quantitative estimate of drug-likeness (QED) is 0.406. The predicted octanol–water partition coefficient (Wildman–Crippen LogP) is -0.635. The smallest absolute Gasteiger partial charge is 0.326 e. The van der Waals surface area contributed by atoms with Crippen LogP contribution in [0.15, 0.2) is 4.99 Å². The van der Waals surface area contributed by atoms with Crippen molar-refractivity contribution in [3.8, 4) is 0 Å². The molecule has 0 radical (unpaired) electrons. The first kappa shape index (κ1) is 16.6. The second-order valence-corrected chi connectivity index (χ2v) is 6.06. The van der Waals surface area contributed by atoms with Crippen LogP contribution in [-0.2, 0) is 9.53 Å². The minimum Gasteiger partial charge on any atom is -0.595 e. The highest BCUT2D eigenvalue weighted by Crippen LogP contribution is 2.19. The van der Waals surface area contributed by atoms with E-state index in [4.69, 9.17) is 22.1 Å². The summed E-state index contributed by atoms with van der Waals surface area (Å²) in [7, 11) is 0. The van der Waals surface area contributed by atoms with Gasteiger partial charge in [0.1, 0.15) is 17.1 Å². The normalized spacial score (nSPS) is 23.8. The molecule has 0 spiro atoms. The van der Waals surface area contributed by atoms with Gasteiger partial charge in [-0.2, -0.15) is 0 Å². The summed E-state index contributed by atoms with van der Waals surface area (Å²) in [5.74, 6) is -1.05. The van der Waals surface area contributed by atoms with Crippen molar-refractivity contribution in [2.75, 3.05) is 13.1 Å². The SMILES string of the molecule is CC(C)(C)OC([O-])=NCC(=S)N1C[C@@H](O)C[C@H]1C(=O)O. The maximum atomic E-state index is 11.4. The van der Waals surface area contributed by atoms with E-state index in [9.17, 15) is 15.0 Å². The molecule has 8 heteroatoms. The van der Waals surface area contributed by atoms with Crippen LogP contribution >= 0.6 is 12.2 Å². The van der Waals surface area contributed by atoms with Crippen molar-refractivity contribution in [1.29, 1.82) is 0 Å². The predicted molar refractivity (Wildman–Crippen MR) is 74.5 cm³/mol. The highest BCUT2D eigenvalue weighted by Gasteiger charge is 2.37. The van der Waals surface area contributed by atoms with Crippen LogP contribution in [0.25, 0.3) is 0 Å². The Balaban J connectivity index is 2.62. The number of aliphatic hydroxyl groups is 1. The number of carboxylic acid groups (broad SMARTS) is 1. The van der Waals surface area contributed by atoms with Crippen LogP contribution in [0.5, 0.6) is 0 Å². The van der Waals surface area contributed by atoms with Crippen molar-refractivity contribution in [2.24, 2.45) is 4.99 Å². The molecule has 0 aromatic rings. The Bertz CT molecular complexity index is 419. The first-order chi connectivity index (χ1) is 9.10. The van der Waals surface area contributed by atoms with Gasteiger partial charge < -0.3 is 25.0 Å². The molecule has 20 heavy (non-hydrogen) atoms. The second kappa shape index (κ2) is 6.36. The molecule has 0 unspecified atom stereocenters. The zero-order chi connectivity index (χ0) is 15.5. The topological polar surface area (TPSA) is 105 Å². The van der Waals surface area contributed by atoms with Crippen LogP contribution in [-0.4, -0.2) is 63.0 Å². The number of thiocarbonyl (C=S) groups is 1. The molecule has 1 heterocycles. The van der Waals surface area contributed by atoms with Gasteiger partial charge in [-0.25, -0.2) is 4.79 Å². The van der Waals surface area contributed by atoms with Crippen LogP contribution in [0.1, 0.15) is 27.2 Å². The van der Waals surface area contributed by atoms with Crippen molar-refractivity contribution < 1.29 is 24.9 Å². The molecule has 1 fully saturated rings. The van der Waals surface area contributed by atoms with Gasteiger partial charge in [0.2, 0.25) is 0 Å². The first-order valence-electron chi connectivity index (χ1n) is 6.21. The zero-order valence-corrected chi connectivity index (χ0v) is 12.5. The summed E-state index contributed by atoms with van der Waals surface area (Å²) in [6.07, 6.45) is -1.37. The van der Waals surface area contributed by atoms with E-state index in [0.717, 1.165) is 0 Å². The van der Waals surface area contributed by atoms with E-state index >= 15 is 0 Å². The van der Waals surface area contributed by atoms with Gasteiger partial charge in [0.15, 0.2) is 0 Å². The molecule has 7 nitrogen and oxygen atoms in total. The van der Waals surface area contributed by atoms with Crippen molar-refractivity contribution in [1.82, 2.24) is 4.90 Å². The lowest BCUT2D eigenvalue weighted by Gasteiger charge is -2.30. The van der Waals surface area contributed by atoms with Gasteiger partial charge in [-0.05, 0) is 0 Å². The Hall–Kier alpha value is -1.41. The van der Waals surface area contributed by atoms with Crippen molar-refractivity contribution in [3.05, 3.63) is 0 Å². The summed E-state index contributed by atoms with van der Waals surface area (Å²) in [6, 6.07) is -0.869. The molecular formula is C12H19N2O5S-. The average Bonchev–Trinajstić information content (AvgIpc) is 2.66. The van der Waals surface area contributed by atoms with Crippen LogP contribution in [0.3, 0.4) is 0 Å². The van der Waals surface area contributed by atoms with Gasteiger partial charge in [0, 0.05) is 18.6 Å². The standard InChI is InChI=1S/C12H20N2O5S/c1-12(2,3)19-11(18)13-5-9(20)14-6-7(15)4-8(14)10(16)17/h7-8,15H,4-6H2,1-3H3,(H,13,18)(H,16,17)/p-1/t7-,8-/m0/s1. The number of hydrogen-bond donors (Lipinski definition) is 2. The van der Waals surface area contributed by atoms with E-state index in [-0.39, 0.29) is 24.5 Å². The Kier molecular flexibility index (Phi) is 5.29. The molecule has 1 aliphatic rings. The summed E-state index contributed by atoms with van der Waals surface area (Å²) >= 11 is 5.07. The first-order valence-corrected chi connectivity index (χ1v) is 6.62. The minimum atomic E-state index is -1.05. The number of hydrogen-bond acceptors (Lipinski definition) is 6. The lowest BCUT2D eigenvalue weighted by atomic mass is 10.2. The number of nitrogens with zero attached hydrogens (tertiary/aromatic N) is 2. The van der Waals surface area contributed by atoms with Gasteiger partial charge in [-0.3, -0.25) is 4.99 Å². The molecule has 0 bridgehead atoms. The summed E-state index contributed by atoms with van der Waals surface area (Å²) in [4.78, 5) is 16.3. The Morgan fingerprint density at radius 3 is 2.65 bits per heavy atom. The lowest BCUT2D eigenvalue weighted by Crippen LogP contribution is -2.41. The third kappa shape index (κ3) is 4.93. The number of carboxylic acids is 1. The number of likely N-dealkylation sites (tertiary alicyclic amines) is 1. The molecule has 114 valence electrons. The van der Waals surface area contributed by atoms with E-state index in [0.29, 0.717) is 0 Å². The largest absolute Gasteiger partial charge is 0.595 e. The summed E-state index contributed by atoms with van der Waals surface area (Å²) < 4.78 is 5.00. The molecule has 1 rings (SSSR count). The summed E-state index contributed by atoms with van der Waals surface area (Å²) in [6.45, 7) is 5.17. The maximum absolute atomic E-state index is 11.4. The van der Waals surface area contributed by atoms with Crippen molar-refractivity contribution in [3.63, 3.8) is 0 Å². The molecule has 0 aliphatic carbocycles. The van der Waals surface area contributed by atoms with Gasteiger partial charge in [-0.15, -0.1) is 0 Å². The van der Waals surface area contributed by atoms with Gasteiger partial charge >= 0.3 is 5.97 Å². The van der Waals surface area contributed by atoms with Crippen LogP contribution in [0.4, 0.5) is 0 Å². The fraction of sp³-hybridized carbons (Fsp3) is 0.750. The Morgan fingerprint density at radius 2 is 2.15 bits per heavy atom. The zero-order valence-electron chi connectivity index (χ0n) is 11.7. The molecule has 0 saturated carbocycles. The third-order valence-corrected chi connectivity index (χ3v) is 2.98. The molecular weight excluding hydrogens is 284 g/mol. The van der Waals surface area contributed by atoms with E-state index in [2.05, 4.69) is 4.99 Å². The summed E-state index contributed by atoms with van der Waals surface area (Å²) in [5, 5.41) is 30.0. The van der Waals surface area contributed by atoms with Gasteiger partial charge in [-0.1, -0.05) is 33.0 Å². The Labute approximate surface area is 122 Å². The maximum Gasteiger partial charge on any atom is 0.326 e. The monoisotopic (exact) mass is 303 g/mol. The van der Waals surface area contributed by atoms with Crippen molar-refractivity contribution in [2.45, 2.75) is 44.9 Å². The highest BCUT2D eigenvalue weighted by atomic mass is 32.1. The number of aliphatic hydroxyl groups excluding tert-OH is 1. The highest BCUT2D eigenvalue weighted by molar-refractivity contribution is 7.80. The lowest BCUT2D eigenvalue weighted by molar-refractivity contribution is -0.260. The summed E-state index contributed by atoms with van der Waals surface area (Å²) in [5.41, 5.74) is -0.643. The number of rotatable bonds is 3. The number of aliphatic imine (C=N–C) groups is 1. The van der Waals surface area contributed by atoms with Crippen molar-refractivity contribution >= 4 is 29.3 Å². The van der Waals surface area contributed by atoms with E-state index in [1.165, 1.54) is 4.90 Å². The van der Waals surface area contributed by atoms with Crippen LogP contribution in [0.2, 0.25) is 0 Å². The van der Waals surface area contributed by atoms with E-state index < -0.39 is 29.8 Å². The molecule has 0 aromatic heterocycles. The molecule has 0 aromatic carbocycles. The second-order valence-electron chi connectivity index (χ2n) is 5.59. The van der Waals surface area contributed by atoms with Crippen LogP contribution in [0, 0.1) is 0 Å². The number of β-amino-alcohol motifs (C(OH)–C–C–N with tert-alkyl or cyclic N) is 1. The number of carbonyl (C=O) groups is 1. The molecule has 2 N–H and O–H groups in total. The minimum absolute atomic E-state index is 0.113. The third-order valence-electron chi connectivity index (χ3n) is 2.62. The van der Waals surface area contributed by atoms with Gasteiger partial charge in [0.25, 0.3) is 0 Å².